The zero-order valence-electron chi connectivity index (χ0n) is 7.29. The summed E-state index contributed by atoms with van der Waals surface area (Å²) in [5.74, 6) is 0.0251. The molecule has 0 fully saturated rings. The van der Waals surface area contributed by atoms with E-state index in [2.05, 4.69) is 0 Å². The van der Waals surface area contributed by atoms with E-state index in [1.807, 2.05) is 6.92 Å². The van der Waals surface area contributed by atoms with Gasteiger partial charge in [-0.3, -0.25) is 0 Å². The van der Waals surface area contributed by atoms with E-state index in [0.717, 1.165) is 5.56 Å². The Hall–Kier alpha value is -0.770. The Balaban J connectivity index is 3.15. The molecule has 3 nitrogen and oxygen atoms in total. The van der Waals surface area contributed by atoms with Crippen LogP contribution < -0.4 is 5.73 Å². The first-order chi connectivity index (χ1) is 6.06. The Kier molecular flexibility index (Phi) is 3.14. The normalized spacial score (nSPS) is 12.9. The number of phenolic OH excluding ortho intramolecular Hbond substituents is 1. The molecule has 0 amide bonds. The molecule has 0 bridgehead atoms. The van der Waals surface area contributed by atoms with Crippen LogP contribution in [0.2, 0.25) is 5.02 Å². The van der Waals surface area contributed by atoms with Gasteiger partial charge in [-0.05, 0) is 24.6 Å². The number of aromatic hydroxyl groups is 1. The van der Waals surface area contributed by atoms with Gasteiger partial charge in [0.1, 0.15) is 5.75 Å². The number of nitrogens with two attached hydrogens (primary N) is 1. The summed E-state index contributed by atoms with van der Waals surface area (Å²) >= 11 is 5.77. The molecule has 1 rings (SSSR count). The largest absolute Gasteiger partial charge is 0.508 e. The lowest BCUT2D eigenvalue weighted by molar-refractivity contribution is 0.265. The molecule has 4 heteroatoms. The smallest absolute Gasteiger partial charge is 0.121 e. The highest BCUT2D eigenvalue weighted by Gasteiger charge is 2.11. The lowest BCUT2D eigenvalue weighted by Crippen LogP contribution is -2.14. The second-order valence-corrected chi connectivity index (χ2v) is 3.36. The Morgan fingerprint density at radius 1 is 1.54 bits per heavy atom. The Morgan fingerprint density at radius 3 is 2.69 bits per heavy atom. The molecule has 13 heavy (non-hydrogen) atoms. The minimum Gasteiger partial charge on any atom is -0.508 e. The summed E-state index contributed by atoms with van der Waals surface area (Å²) < 4.78 is 0. The van der Waals surface area contributed by atoms with Crippen molar-refractivity contribution < 1.29 is 10.2 Å². The van der Waals surface area contributed by atoms with Crippen molar-refractivity contribution in [3.05, 3.63) is 28.3 Å². The van der Waals surface area contributed by atoms with Gasteiger partial charge in [-0.2, -0.15) is 0 Å². The number of hydrogen-bond donors (Lipinski definition) is 3. The van der Waals surface area contributed by atoms with Gasteiger partial charge in [-0.1, -0.05) is 11.6 Å². The van der Waals surface area contributed by atoms with Crippen LogP contribution in [0, 0.1) is 6.92 Å². The predicted octanol–water partition coefficient (Wildman–Crippen LogP) is 1.35. The Morgan fingerprint density at radius 2 is 2.15 bits per heavy atom. The quantitative estimate of drug-likeness (QED) is 0.677. The van der Waals surface area contributed by atoms with Gasteiger partial charge in [0.25, 0.3) is 0 Å². The molecule has 4 N–H and O–H groups in total. The second-order valence-electron chi connectivity index (χ2n) is 2.95. The maximum atomic E-state index is 9.44. The van der Waals surface area contributed by atoms with Crippen molar-refractivity contribution in [2.75, 3.05) is 6.61 Å². The molecular formula is C9H12ClNO2. The summed E-state index contributed by atoms with van der Waals surface area (Å²) in [5, 5.41) is 18.7. The first-order valence-electron chi connectivity index (χ1n) is 3.91. The van der Waals surface area contributed by atoms with Gasteiger partial charge in [0.15, 0.2) is 0 Å². The number of benzene rings is 1. The standard InChI is InChI=1S/C9H12ClNO2/c1-5-2-6(8(11)4-12)9(13)3-7(5)10/h2-3,8,12-13H,4,11H2,1H3/t8-/m1/s1. The fourth-order valence-electron chi connectivity index (χ4n) is 1.09. The van der Waals surface area contributed by atoms with Crippen molar-refractivity contribution >= 4 is 11.6 Å². The van der Waals surface area contributed by atoms with E-state index in [-0.39, 0.29) is 12.4 Å². The van der Waals surface area contributed by atoms with Crippen molar-refractivity contribution in [3.63, 3.8) is 0 Å². The van der Waals surface area contributed by atoms with E-state index in [1.165, 1.54) is 6.07 Å². The summed E-state index contributed by atoms with van der Waals surface area (Å²) in [6, 6.07) is 2.55. The first kappa shape index (κ1) is 10.3. The van der Waals surface area contributed by atoms with E-state index < -0.39 is 6.04 Å². The maximum Gasteiger partial charge on any atom is 0.121 e. The molecule has 0 saturated heterocycles. The SMILES string of the molecule is Cc1cc([C@H](N)CO)c(O)cc1Cl. The highest BCUT2D eigenvalue weighted by atomic mass is 35.5. The van der Waals surface area contributed by atoms with Crippen LogP contribution >= 0.6 is 11.6 Å². The topological polar surface area (TPSA) is 66.5 Å². The van der Waals surface area contributed by atoms with Crippen molar-refractivity contribution in [1.29, 1.82) is 0 Å². The van der Waals surface area contributed by atoms with Crippen LogP contribution in [0.4, 0.5) is 0 Å². The third-order valence-corrected chi connectivity index (χ3v) is 2.31. The van der Waals surface area contributed by atoms with Crippen LogP contribution in [-0.4, -0.2) is 16.8 Å². The Bertz CT molecular complexity index is 315. The molecule has 0 aromatic heterocycles. The predicted molar refractivity (Wildman–Crippen MR) is 51.9 cm³/mol. The van der Waals surface area contributed by atoms with Gasteiger partial charge in [0, 0.05) is 10.6 Å². The molecule has 1 atom stereocenters. The van der Waals surface area contributed by atoms with E-state index in [9.17, 15) is 5.11 Å². The van der Waals surface area contributed by atoms with Crippen LogP contribution in [0.1, 0.15) is 17.2 Å². The lowest BCUT2D eigenvalue weighted by Gasteiger charge is -2.12. The molecule has 0 heterocycles. The molecule has 0 aliphatic carbocycles. The third-order valence-electron chi connectivity index (χ3n) is 1.90. The summed E-state index contributed by atoms with van der Waals surface area (Å²) in [7, 11) is 0. The van der Waals surface area contributed by atoms with Crippen LogP contribution in [0.15, 0.2) is 12.1 Å². The molecule has 0 aliphatic heterocycles. The summed E-state index contributed by atoms with van der Waals surface area (Å²) in [4.78, 5) is 0. The highest BCUT2D eigenvalue weighted by Crippen LogP contribution is 2.28. The number of aliphatic hydroxyl groups excluding tert-OH is 1. The average molecular weight is 202 g/mol. The van der Waals surface area contributed by atoms with Gasteiger partial charge in [-0.25, -0.2) is 0 Å². The minimum absolute atomic E-state index is 0.0251. The van der Waals surface area contributed by atoms with Crippen molar-refractivity contribution in [2.45, 2.75) is 13.0 Å². The fraction of sp³-hybridized carbons (Fsp3) is 0.333. The molecule has 0 spiro atoms. The van der Waals surface area contributed by atoms with E-state index in [1.54, 1.807) is 6.07 Å². The molecule has 0 aliphatic rings. The molecule has 0 radical (unpaired) electrons. The van der Waals surface area contributed by atoms with Crippen LogP contribution in [0.5, 0.6) is 5.75 Å². The second kappa shape index (κ2) is 3.96. The molecule has 0 unspecified atom stereocenters. The fourth-order valence-corrected chi connectivity index (χ4v) is 1.25. The van der Waals surface area contributed by atoms with Gasteiger partial charge in [0.2, 0.25) is 0 Å². The monoisotopic (exact) mass is 201 g/mol. The molecule has 72 valence electrons. The van der Waals surface area contributed by atoms with E-state index in [4.69, 9.17) is 22.4 Å². The van der Waals surface area contributed by atoms with Crippen LogP contribution in [0.3, 0.4) is 0 Å². The summed E-state index contributed by atoms with van der Waals surface area (Å²) in [5.41, 5.74) is 6.91. The molecule has 1 aromatic rings. The van der Waals surface area contributed by atoms with Crippen LogP contribution in [-0.2, 0) is 0 Å². The number of phenols is 1. The lowest BCUT2D eigenvalue weighted by atomic mass is 10.0. The van der Waals surface area contributed by atoms with Crippen molar-refractivity contribution in [3.8, 4) is 5.75 Å². The zero-order chi connectivity index (χ0) is 10.0. The number of halogens is 1. The van der Waals surface area contributed by atoms with E-state index in [0.29, 0.717) is 10.6 Å². The molecule has 0 saturated carbocycles. The summed E-state index contributed by atoms with van der Waals surface area (Å²) in [6.07, 6.45) is 0. The van der Waals surface area contributed by atoms with Crippen molar-refractivity contribution in [1.82, 2.24) is 0 Å². The third kappa shape index (κ3) is 2.12. The van der Waals surface area contributed by atoms with Gasteiger partial charge >= 0.3 is 0 Å². The molecule has 1 aromatic carbocycles. The van der Waals surface area contributed by atoms with Gasteiger partial charge in [0.05, 0.1) is 12.6 Å². The number of rotatable bonds is 2. The average Bonchev–Trinajstić information content (AvgIpc) is 2.10. The summed E-state index contributed by atoms with van der Waals surface area (Å²) in [6.45, 7) is 1.62. The highest BCUT2D eigenvalue weighted by molar-refractivity contribution is 6.31. The minimum atomic E-state index is -0.559. The maximum absolute atomic E-state index is 9.44. The van der Waals surface area contributed by atoms with Gasteiger partial charge in [-0.15, -0.1) is 0 Å². The Labute approximate surface area is 81.8 Å². The number of hydrogen-bond acceptors (Lipinski definition) is 3. The zero-order valence-corrected chi connectivity index (χ0v) is 8.04. The van der Waals surface area contributed by atoms with Crippen LogP contribution in [0.25, 0.3) is 0 Å². The van der Waals surface area contributed by atoms with Gasteiger partial charge < -0.3 is 15.9 Å². The van der Waals surface area contributed by atoms with Crippen molar-refractivity contribution in [2.24, 2.45) is 5.73 Å². The number of aliphatic hydroxyl groups is 1. The van der Waals surface area contributed by atoms with E-state index >= 15 is 0 Å². The first-order valence-corrected chi connectivity index (χ1v) is 4.29. The number of aryl methyl sites for hydroxylation is 1. The molecular weight excluding hydrogens is 190 g/mol.